The number of carbonyl (C=O) groups is 1. The van der Waals surface area contributed by atoms with Crippen LogP contribution in [0.15, 0.2) is 83.8 Å². The molecule has 1 amide bonds. The van der Waals surface area contributed by atoms with Crippen LogP contribution in [0, 0.1) is 0 Å². The second kappa shape index (κ2) is 10.7. The minimum Gasteiger partial charge on any atom is -0.352 e. The molecule has 0 aliphatic rings. The molecule has 7 nitrogen and oxygen atoms in total. The van der Waals surface area contributed by atoms with Gasteiger partial charge in [-0.1, -0.05) is 65.9 Å². The zero-order valence-corrected chi connectivity index (χ0v) is 20.0. The molecule has 1 aromatic heterocycles. The lowest BCUT2D eigenvalue weighted by atomic mass is 10.0. The second-order valence-corrected chi connectivity index (χ2v) is 10.4. The lowest BCUT2D eigenvalue weighted by molar-refractivity contribution is 0.0953. The first kappa shape index (κ1) is 23.7. The average molecular weight is 493 g/mol. The molecule has 0 aliphatic heterocycles. The van der Waals surface area contributed by atoms with Gasteiger partial charge in [0.2, 0.25) is 10.0 Å². The molecule has 0 saturated heterocycles. The molecule has 3 aromatic carbocycles. The molecule has 1 heterocycles. The van der Waals surface area contributed by atoms with Gasteiger partial charge in [0.1, 0.15) is 10.0 Å². The molecule has 34 heavy (non-hydrogen) atoms. The van der Waals surface area contributed by atoms with E-state index in [1.54, 1.807) is 12.1 Å². The zero-order valence-electron chi connectivity index (χ0n) is 18.3. The Hall–Kier alpha value is -3.40. The van der Waals surface area contributed by atoms with Crippen molar-refractivity contribution in [1.29, 1.82) is 0 Å². The van der Waals surface area contributed by atoms with Gasteiger partial charge in [0.05, 0.1) is 4.90 Å². The Bertz CT molecular complexity index is 1350. The van der Waals surface area contributed by atoms with Gasteiger partial charge in [-0.3, -0.25) is 4.79 Å². The topological polar surface area (TPSA) is 115 Å². The molecule has 0 unspecified atom stereocenters. The maximum absolute atomic E-state index is 12.4. The highest BCUT2D eigenvalue weighted by molar-refractivity contribution is 7.89. The summed E-state index contributed by atoms with van der Waals surface area (Å²) in [5.74, 6) is -0.0826. The molecule has 0 spiro atoms. The summed E-state index contributed by atoms with van der Waals surface area (Å²) in [7, 11) is -3.71. The number of unbranched alkanes of at least 4 members (excludes halogenated alkanes) is 1. The molecule has 174 valence electrons. The van der Waals surface area contributed by atoms with Crippen LogP contribution in [-0.4, -0.2) is 31.1 Å². The minimum atomic E-state index is -3.71. The maximum Gasteiger partial charge on any atom is 0.251 e. The number of hydrogen-bond acceptors (Lipinski definition) is 6. The van der Waals surface area contributed by atoms with Crippen molar-refractivity contribution in [3.63, 3.8) is 0 Å². The van der Waals surface area contributed by atoms with Crippen molar-refractivity contribution >= 4 is 27.3 Å². The van der Waals surface area contributed by atoms with E-state index in [4.69, 9.17) is 5.14 Å². The summed E-state index contributed by atoms with van der Waals surface area (Å²) >= 11 is 1.47. The highest BCUT2D eigenvalue weighted by atomic mass is 32.2. The first-order valence-electron chi connectivity index (χ1n) is 10.8. The molecule has 0 aliphatic carbocycles. The highest BCUT2D eigenvalue weighted by Crippen LogP contribution is 2.25. The van der Waals surface area contributed by atoms with E-state index in [0.717, 1.165) is 46.0 Å². The van der Waals surface area contributed by atoms with Crippen molar-refractivity contribution < 1.29 is 13.2 Å². The van der Waals surface area contributed by atoms with Crippen LogP contribution in [0.5, 0.6) is 0 Å². The van der Waals surface area contributed by atoms with Gasteiger partial charge in [-0.25, -0.2) is 13.6 Å². The summed E-state index contributed by atoms with van der Waals surface area (Å²) in [6.07, 6.45) is 2.45. The number of rotatable bonds is 9. The number of nitrogens with one attached hydrogen (secondary N) is 1. The predicted molar refractivity (Wildman–Crippen MR) is 134 cm³/mol. The van der Waals surface area contributed by atoms with Crippen LogP contribution in [-0.2, 0) is 16.4 Å². The number of sulfonamides is 1. The van der Waals surface area contributed by atoms with E-state index in [0.29, 0.717) is 12.1 Å². The summed E-state index contributed by atoms with van der Waals surface area (Å²) in [5, 5.41) is 18.1. The van der Waals surface area contributed by atoms with Crippen LogP contribution in [0.2, 0.25) is 0 Å². The molecule has 0 saturated carbocycles. The van der Waals surface area contributed by atoms with Crippen molar-refractivity contribution in [3.05, 3.63) is 89.4 Å². The summed E-state index contributed by atoms with van der Waals surface area (Å²) in [5.41, 5.74) is 3.63. The van der Waals surface area contributed by atoms with E-state index in [9.17, 15) is 13.2 Å². The molecule has 3 N–H and O–H groups in total. The standard InChI is InChI=1S/C25H24N4O3S2/c26-34(31,32)22-15-13-21(14-16-22)25-29-28-23(33-25)8-4-5-17-27-24(30)20-11-9-19(10-12-20)18-6-2-1-3-7-18/h1-3,6-7,9-16H,4-5,8,17H2,(H,27,30)(H2,26,31,32). The van der Waals surface area contributed by atoms with E-state index in [1.165, 1.54) is 23.5 Å². The van der Waals surface area contributed by atoms with Crippen molar-refractivity contribution in [2.75, 3.05) is 6.54 Å². The number of amides is 1. The van der Waals surface area contributed by atoms with Gasteiger partial charge < -0.3 is 5.32 Å². The van der Waals surface area contributed by atoms with Gasteiger partial charge >= 0.3 is 0 Å². The number of aryl methyl sites for hydroxylation is 1. The minimum absolute atomic E-state index is 0.0650. The molecule has 4 aromatic rings. The number of carbonyl (C=O) groups excluding carboxylic acids is 1. The molecule has 0 atom stereocenters. The third-order valence-corrected chi connectivity index (χ3v) is 7.22. The molecule has 4 rings (SSSR count). The number of primary sulfonamides is 1. The lowest BCUT2D eigenvalue weighted by Gasteiger charge is -2.06. The van der Waals surface area contributed by atoms with Gasteiger partial charge in [0.25, 0.3) is 5.91 Å². The Morgan fingerprint density at radius 1 is 0.824 bits per heavy atom. The molecule has 9 heteroatoms. The first-order chi connectivity index (χ1) is 16.4. The molecular weight excluding hydrogens is 468 g/mol. The Morgan fingerprint density at radius 3 is 2.15 bits per heavy atom. The van der Waals surface area contributed by atoms with E-state index in [-0.39, 0.29) is 10.8 Å². The van der Waals surface area contributed by atoms with Gasteiger partial charge in [-0.05, 0) is 48.2 Å². The average Bonchev–Trinajstić information content (AvgIpc) is 3.33. The maximum atomic E-state index is 12.4. The Labute approximate surface area is 202 Å². The number of nitrogens with zero attached hydrogens (tertiary/aromatic N) is 2. The normalized spacial score (nSPS) is 11.3. The monoisotopic (exact) mass is 492 g/mol. The summed E-state index contributed by atoms with van der Waals surface area (Å²) < 4.78 is 22.7. The van der Waals surface area contributed by atoms with E-state index >= 15 is 0 Å². The third-order valence-electron chi connectivity index (χ3n) is 5.25. The second-order valence-electron chi connectivity index (χ2n) is 7.73. The number of benzene rings is 3. The quantitative estimate of drug-likeness (QED) is 0.339. The largest absolute Gasteiger partial charge is 0.352 e. The van der Waals surface area contributed by atoms with Crippen LogP contribution in [0.1, 0.15) is 28.2 Å². The Kier molecular flexibility index (Phi) is 7.46. The zero-order chi connectivity index (χ0) is 24.0. The van der Waals surface area contributed by atoms with E-state index in [1.807, 2.05) is 54.6 Å². The fourth-order valence-corrected chi connectivity index (χ4v) is 4.81. The van der Waals surface area contributed by atoms with Crippen molar-refractivity contribution in [2.45, 2.75) is 24.2 Å². The van der Waals surface area contributed by atoms with E-state index < -0.39 is 10.0 Å². The molecule has 0 radical (unpaired) electrons. The number of hydrogen-bond donors (Lipinski definition) is 2. The number of nitrogens with two attached hydrogens (primary N) is 1. The van der Waals surface area contributed by atoms with E-state index in [2.05, 4.69) is 15.5 Å². The summed E-state index contributed by atoms with van der Waals surface area (Å²) in [6.45, 7) is 0.583. The van der Waals surface area contributed by atoms with Crippen LogP contribution < -0.4 is 10.5 Å². The third kappa shape index (κ3) is 6.13. The molecular formula is C25H24N4O3S2. The van der Waals surface area contributed by atoms with Gasteiger partial charge in [0, 0.05) is 24.1 Å². The van der Waals surface area contributed by atoms with Gasteiger partial charge in [0.15, 0.2) is 0 Å². The lowest BCUT2D eigenvalue weighted by Crippen LogP contribution is -2.24. The fourth-order valence-electron chi connectivity index (χ4n) is 3.41. The van der Waals surface area contributed by atoms with Crippen molar-refractivity contribution in [3.8, 4) is 21.7 Å². The summed E-state index contributed by atoms with van der Waals surface area (Å²) in [6, 6.07) is 23.9. The SMILES string of the molecule is NS(=O)(=O)c1ccc(-c2nnc(CCCCNC(=O)c3ccc(-c4ccccc4)cc3)s2)cc1. The number of aromatic nitrogens is 2. The molecule has 0 bridgehead atoms. The van der Waals surface area contributed by atoms with Crippen LogP contribution in [0.25, 0.3) is 21.7 Å². The van der Waals surface area contributed by atoms with Crippen LogP contribution >= 0.6 is 11.3 Å². The predicted octanol–water partition coefficient (Wildman–Crippen LogP) is 4.27. The fraction of sp³-hybridized carbons (Fsp3) is 0.160. The Balaban J connectivity index is 1.21. The van der Waals surface area contributed by atoms with Crippen molar-refractivity contribution in [1.82, 2.24) is 15.5 Å². The first-order valence-corrected chi connectivity index (χ1v) is 13.2. The Morgan fingerprint density at radius 2 is 1.47 bits per heavy atom. The van der Waals surface area contributed by atoms with Gasteiger partial charge in [-0.2, -0.15) is 0 Å². The smallest absolute Gasteiger partial charge is 0.251 e. The van der Waals surface area contributed by atoms with Crippen molar-refractivity contribution in [2.24, 2.45) is 5.14 Å². The van der Waals surface area contributed by atoms with Crippen LogP contribution in [0.3, 0.4) is 0 Å². The molecule has 0 fully saturated rings. The van der Waals surface area contributed by atoms with Crippen LogP contribution in [0.4, 0.5) is 0 Å². The van der Waals surface area contributed by atoms with Gasteiger partial charge in [-0.15, -0.1) is 10.2 Å². The highest BCUT2D eigenvalue weighted by Gasteiger charge is 2.11. The summed E-state index contributed by atoms with van der Waals surface area (Å²) in [4.78, 5) is 12.5.